The molecule has 0 radical (unpaired) electrons. The van der Waals surface area contributed by atoms with Crippen LogP contribution in [0.5, 0.6) is 0 Å². The molecule has 1 unspecified atom stereocenters. The normalized spacial score (nSPS) is 13.0. The van der Waals surface area contributed by atoms with Crippen molar-refractivity contribution in [2.45, 2.75) is 46.1 Å². The van der Waals surface area contributed by atoms with Gasteiger partial charge in [0.2, 0.25) is 0 Å². The van der Waals surface area contributed by atoms with Crippen LogP contribution in [0.3, 0.4) is 0 Å². The maximum Gasteiger partial charge on any atom is 0.320 e. The van der Waals surface area contributed by atoms with Crippen LogP contribution in [0.2, 0.25) is 0 Å². The van der Waals surface area contributed by atoms with E-state index in [9.17, 15) is 9.59 Å². The average molecular weight is 245 g/mol. The van der Waals surface area contributed by atoms with Crippen molar-refractivity contribution in [2.75, 3.05) is 13.1 Å². The van der Waals surface area contributed by atoms with Gasteiger partial charge in [0.15, 0.2) is 0 Å². The van der Waals surface area contributed by atoms with Crippen molar-refractivity contribution in [2.24, 2.45) is 5.92 Å². The first-order valence-corrected chi connectivity index (χ1v) is 6.07. The average Bonchev–Trinajstić information content (AvgIpc) is 2.20. The van der Waals surface area contributed by atoms with Gasteiger partial charge in [0.05, 0.1) is 6.42 Å². The molecule has 0 saturated carbocycles. The molecule has 0 aromatic heterocycles. The molecule has 0 aliphatic carbocycles. The second-order valence-electron chi connectivity index (χ2n) is 4.68. The zero-order chi connectivity index (χ0) is 13.4. The van der Waals surface area contributed by atoms with E-state index in [4.69, 9.17) is 10.2 Å². The topological polar surface area (TPSA) is 77.8 Å². The van der Waals surface area contributed by atoms with Crippen molar-refractivity contribution in [1.29, 1.82) is 0 Å². The van der Waals surface area contributed by atoms with Gasteiger partial charge in [-0.15, -0.1) is 0 Å². The van der Waals surface area contributed by atoms with Crippen molar-refractivity contribution < 1.29 is 19.8 Å². The summed E-state index contributed by atoms with van der Waals surface area (Å²) in [6.45, 7) is 6.84. The lowest BCUT2D eigenvalue weighted by molar-refractivity contribution is -0.145. The number of carboxylic acids is 2. The minimum absolute atomic E-state index is 0.0137. The van der Waals surface area contributed by atoms with Gasteiger partial charge in [-0.1, -0.05) is 27.2 Å². The zero-order valence-electron chi connectivity index (χ0n) is 10.8. The molecule has 0 spiro atoms. The Labute approximate surface area is 102 Å². The maximum absolute atomic E-state index is 11.2. The monoisotopic (exact) mass is 245 g/mol. The van der Waals surface area contributed by atoms with Gasteiger partial charge in [-0.3, -0.25) is 14.5 Å². The number of aliphatic carboxylic acids is 2. The third-order valence-corrected chi connectivity index (χ3v) is 2.50. The van der Waals surface area contributed by atoms with Gasteiger partial charge in [0, 0.05) is 13.1 Å². The summed E-state index contributed by atoms with van der Waals surface area (Å²) < 4.78 is 0. The number of carbonyl (C=O) groups is 2. The fourth-order valence-electron chi connectivity index (χ4n) is 1.82. The Hall–Kier alpha value is -1.10. The Kier molecular flexibility index (Phi) is 7.54. The van der Waals surface area contributed by atoms with Crippen LogP contribution in [0.4, 0.5) is 0 Å². The number of hydrogen-bond donors (Lipinski definition) is 2. The van der Waals surface area contributed by atoms with Crippen molar-refractivity contribution in [3.8, 4) is 0 Å². The van der Waals surface area contributed by atoms with Gasteiger partial charge < -0.3 is 10.2 Å². The highest BCUT2D eigenvalue weighted by Gasteiger charge is 2.25. The molecule has 5 nitrogen and oxygen atoms in total. The summed E-state index contributed by atoms with van der Waals surface area (Å²) in [6.07, 6.45) is 1.32. The number of rotatable bonds is 9. The molecule has 0 aliphatic rings. The number of hydrogen-bond acceptors (Lipinski definition) is 3. The van der Waals surface area contributed by atoms with E-state index in [0.717, 1.165) is 6.42 Å². The molecule has 5 heteroatoms. The summed E-state index contributed by atoms with van der Waals surface area (Å²) in [5.74, 6) is -1.43. The first-order valence-electron chi connectivity index (χ1n) is 6.07. The molecule has 0 bridgehead atoms. The smallest absolute Gasteiger partial charge is 0.320 e. The maximum atomic E-state index is 11.2. The van der Waals surface area contributed by atoms with Crippen molar-refractivity contribution >= 4 is 11.9 Å². The van der Waals surface area contributed by atoms with Gasteiger partial charge in [0.1, 0.15) is 6.04 Å². The minimum atomic E-state index is -0.889. The molecule has 0 saturated heterocycles. The highest BCUT2D eigenvalue weighted by Crippen LogP contribution is 2.11. The molecular formula is C12H23NO4. The van der Waals surface area contributed by atoms with Crippen LogP contribution in [0.15, 0.2) is 0 Å². The molecule has 1 atom stereocenters. The summed E-state index contributed by atoms with van der Waals surface area (Å²) >= 11 is 0. The van der Waals surface area contributed by atoms with E-state index in [-0.39, 0.29) is 6.42 Å². The Morgan fingerprint density at radius 1 is 1.24 bits per heavy atom. The standard InChI is InChI=1S/C12H23NO4/c1-4-5-10(12(16)17)13(8-9(2)3)7-6-11(14)15/h9-10H,4-8H2,1-3H3,(H,14,15)(H,16,17). The largest absolute Gasteiger partial charge is 0.481 e. The predicted molar refractivity (Wildman–Crippen MR) is 65.0 cm³/mol. The van der Waals surface area contributed by atoms with Crippen LogP contribution in [0.1, 0.15) is 40.0 Å². The molecule has 100 valence electrons. The van der Waals surface area contributed by atoms with Gasteiger partial charge in [0.25, 0.3) is 0 Å². The van der Waals surface area contributed by atoms with Crippen molar-refractivity contribution in [1.82, 2.24) is 4.90 Å². The molecule has 0 aliphatic heterocycles. The van der Waals surface area contributed by atoms with Crippen LogP contribution >= 0.6 is 0 Å². The summed E-state index contributed by atoms with van der Waals surface area (Å²) in [6, 6.07) is -0.568. The Bertz CT molecular complexity index is 253. The van der Waals surface area contributed by atoms with Crippen molar-refractivity contribution in [3.63, 3.8) is 0 Å². The Balaban J connectivity index is 4.59. The zero-order valence-corrected chi connectivity index (χ0v) is 10.8. The van der Waals surface area contributed by atoms with E-state index in [1.54, 1.807) is 4.90 Å². The predicted octanol–water partition coefficient (Wildman–Crippen LogP) is 1.67. The van der Waals surface area contributed by atoms with Crippen molar-refractivity contribution in [3.05, 3.63) is 0 Å². The third kappa shape index (κ3) is 6.94. The molecular weight excluding hydrogens is 222 g/mol. The lowest BCUT2D eigenvalue weighted by Gasteiger charge is -2.29. The lowest BCUT2D eigenvalue weighted by atomic mass is 10.1. The van der Waals surface area contributed by atoms with Gasteiger partial charge in [-0.25, -0.2) is 0 Å². The Morgan fingerprint density at radius 3 is 2.18 bits per heavy atom. The second kappa shape index (κ2) is 8.06. The van der Waals surface area contributed by atoms with Crippen LogP contribution < -0.4 is 0 Å². The molecule has 0 fully saturated rings. The quantitative estimate of drug-likeness (QED) is 0.646. The molecule has 0 aromatic carbocycles. The number of nitrogens with zero attached hydrogens (tertiary/aromatic N) is 1. The summed E-state index contributed by atoms with van der Waals surface area (Å²) in [5, 5.41) is 17.8. The molecule has 17 heavy (non-hydrogen) atoms. The van der Waals surface area contributed by atoms with E-state index in [1.165, 1.54) is 0 Å². The van der Waals surface area contributed by atoms with E-state index in [0.29, 0.717) is 25.4 Å². The molecule has 0 aromatic rings. The lowest BCUT2D eigenvalue weighted by Crippen LogP contribution is -2.44. The summed E-state index contributed by atoms with van der Waals surface area (Å²) in [7, 11) is 0. The van der Waals surface area contributed by atoms with Gasteiger partial charge in [-0.2, -0.15) is 0 Å². The first-order chi connectivity index (χ1) is 7.88. The van der Waals surface area contributed by atoms with E-state index in [1.807, 2.05) is 20.8 Å². The molecule has 2 N–H and O–H groups in total. The van der Waals surface area contributed by atoms with Crippen LogP contribution in [0.25, 0.3) is 0 Å². The van der Waals surface area contributed by atoms with E-state index >= 15 is 0 Å². The highest BCUT2D eigenvalue weighted by atomic mass is 16.4. The van der Waals surface area contributed by atoms with Crippen LogP contribution in [0, 0.1) is 5.92 Å². The van der Waals surface area contributed by atoms with Crippen LogP contribution in [-0.4, -0.2) is 46.2 Å². The van der Waals surface area contributed by atoms with Gasteiger partial charge in [-0.05, 0) is 12.3 Å². The molecule has 0 rings (SSSR count). The minimum Gasteiger partial charge on any atom is -0.481 e. The molecule has 0 heterocycles. The molecule has 0 amide bonds. The van der Waals surface area contributed by atoms with Gasteiger partial charge >= 0.3 is 11.9 Å². The van der Waals surface area contributed by atoms with E-state index in [2.05, 4.69) is 0 Å². The fourth-order valence-corrected chi connectivity index (χ4v) is 1.82. The Morgan fingerprint density at radius 2 is 1.82 bits per heavy atom. The highest BCUT2D eigenvalue weighted by molar-refractivity contribution is 5.73. The van der Waals surface area contributed by atoms with E-state index < -0.39 is 18.0 Å². The fraction of sp³-hybridized carbons (Fsp3) is 0.833. The van der Waals surface area contributed by atoms with Crippen LogP contribution in [-0.2, 0) is 9.59 Å². The SMILES string of the molecule is CCCC(C(=O)O)N(CCC(=O)O)CC(C)C. The number of carboxylic acid groups (broad SMARTS) is 2. The first kappa shape index (κ1) is 15.9. The second-order valence-corrected chi connectivity index (χ2v) is 4.68. The summed E-state index contributed by atoms with van der Waals surface area (Å²) in [5.41, 5.74) is 0. The third-order valence-electron chi connectivity index (χ3n) is 2.50. The summed E-state index contributed by atoms with van der Waals surface area (Å²) in [4.78, 5) is 23.5.